The Hall–Kier alpha value is -3.24. The quantitative estimate of drug-likeness (QED) is 0.249. The number of nitrogens with zero attached hydrogens (tertiary/aromatic N) is 1. The Morgan fingerprint density at radius 3 is 1.97 bits per heavy atom. The van der Waals surface area contributed by atoms with Crippen molar-refractivity contribution in [2.75, 3.05) is 0 Å². The number of pyridine rings is 1. The fourth-order valence-corrected chi connectivity index (χ4v) is 5.56. The molecule has 0 saturated carbocycles. The molecule has 3 rings (SSSR count). The summed E-state index contributed by atoms with van der Waals surface area (Å²) in [5.41, 5.74) is 9.49. The van der Waals surface area contributed by atoms with Gasteiger partial charge in [0, 0.05) is 22.7 Å². The first kappa shape index (κ1) is 29.3. The van der Waals surface area contributed by atoms with Crippen molar-refractivity contribution in [2.24, 2.45) is 0 Å². The minimum absolute atomic E-state index is 0.0991. The molecule has 1 N–H and O–H groups in total. The van der Waals surface area contributed by atoms with Crippen LogP contribution in [-0.4, -0.2) is 22.2 Å². The summed E-state index contributed by atoms with van der Waals surface area (Å²) in [6.45, 7) is 15.8. The molecule has 2 aromatic carbocycles. The molecule has 0 aliphatic rings. The van der Waals surface area contributed by atoms with E-state index in [4.69, 9.17) is 4.74 Å². The van der Waals surface area contributed by atoms with E-state index in [1.54, 1.807) is 6.20 Å². The van der Waals surface area contributed by atoms with Crippen molar-refractivity contribution in [1.29, 1.82) is 0 Å². The van der Waals surface area contributed by atoms with E-state index in [0.29, 0.717) is 19.3 Å². The second-order valence-electron chi connectivity index (χ2n) is 10.4. The molecule has 4 heteroatoms. The van der Waals surface area contributed by atoms with E-state index in [1.165, 1.54) is 27.8 Å². The third-order valence-corrected chi connectivity index (χ3v) is 8.31. The highest BCUT2D eigenvalue weighted by atomic mass is 16.5. The molecule has 0 spiro atoms. The molecule has 1 aromatic heterocycles. The second-order valence-corrected chi connectivity index (χ2v) is 10.4. The number of carbonyl (C=O) groups excluding carboxylic acids is 1. The van der Waals surface area contributed by atoms with Gasteiger partial charge in [-0.15, -0.1) is 0 Å². The van der Waals surface area contributed by atoms with Gasteiger partial charge in [-0.1, -0.05) is 76.2 Å². The minimum Gasteiger partial charge on any atom is -0.463 e. The van der Waals surface area contributed by atoms with Crippen molar-refractivity contribution in [3.63, 3.8) is 0 Å². The predicted molar refractivity (Wildman–Crippen MR) is 157 cm³/mol. The SMILES string of the molecule is CCC(O)(/C=C/c1ccc(C(CC)(CC)c2cc(C)c(-c3ccc(COC=O)cn3)c(C)c2)cc1C)CC. The standard InChI is InChI=1S/C34H43NO3/c1-8-33(37,9-2)17-16-28-13-14-29(18-24(28)5)34(10-3,11-4)30-19-25(6)32(26(7)20-30)31-15-12-27(21-35-31)22-38-23-36/h12-21,23,37H,8-11,22H2,1-7H3/b17-16+. The van der Waals surface area contributed by atoms with E-state index in [1.807, 2.05) is 32.1 Å². The van der Waals surface area contributed by atoms with Crippen molar-refractivity contribution < 1.29 is 14.6 Å². The van der Waals surface area contributed by atoms with Gasteiger partial charge in [-0.05, 0) is 85.9 Å². The van der Waals surface area contributed by atoms with Crippen LogP contribution in [0.25, 0.3) is 17.3 Å². The summed E-state index contributed by atoms with van der Waals surface area (Å²) >= 11 is 0. The van der Waals surface area contributed by atoms with Gasteiger partial charge in [-0.2, -0.15) is 0 Å². The maximum Gasteiger partial charge on any atom is 0.293 e. The highest BCUT2D eigenvalue weighted by Crippen LogP contribution is 2.42. The molecule has 38 heavy (non-hydrogen) atoms. The molecule has 0 aliphatic carbocycles. The molecule has 0 atom stereocenters. The second kappa shape index (κ2) is 12.5. The molecule has 0 unspecified atom stereocenters. The van der Waals surface area contributed by atoms with E-state index in [2.05, 4.69) is 76.0 Å². The summed E-state index contributed by atoms with van der Waals surface area (Å²) in [5, 5.41) is 10.7. The molecular weight excluding hydrogens is 470 g/mol. The van der Waals surface area contributed by atoms with Crippen molar-refractivity contribution >= 4 is 12.5 Å². The van der Waals surface area contributed by atoms with E-state index in [-0.39, 0.29) is 12.0 Å². The third kappa shape index (κ3) is 6.07. The maximum absolute atomic E-state index is 10.7. The van der Waals surface area contributed by atoms with Gasteiger partial charge in [0.1, 0.15) is 6.61 Å². The van der Waals surface area contributed by atoms with Crippen LogP contribution in [0.2, 0.25) is 0 Å². The van der Waals surface area contributed by atoms with Gasteiger partial charge in [0.25, 0.3) is 6.47 Å². The van der Waals surface area contributed by atoms with Gasteiger partial charge in [-0.25, -0.2) is 0 Å². The Morgan fingerprint density at radius 1 is 0.842 bits per heavy atom. The Balaban J connectivity index is 2.01. The largest absolute Gasteiger partial charge is 0.463 e. The lowest BCUT2D eigenvalue weighted by Crippen LogP contribution is -2.26. The van der Waals surface area contributed by atoms with Crippen LogP contribution in [0.15, 0.2) is 54.7 Å². The molecule has 0 amide bonds. The summed E-state index contributed by atoms with van der Waals surface area (Å²) in [7, 11) is 0. The molecule has 3 aromatic rings. The molecule has 202 valence electrons. The maximum atomic E-state index is 10.7. The van der Waals surface area contributed by atoms with E-state index < -0.39 is 5.60 Å². The van der Waals surface area contributed by atoms with Crippen LogP contribution in [0.3, 0.4) is 0 Å². The van der Waals surface area contributed by atoms with Crippen molar-refractivity contribution in [3.8, 4) is 11.3 Å². The fourth-order valence-electron chi connectivity index (χ4n) is 5.56. The molecule has 0 radical (unpaired) electrons. The summed E-state index contributed by atoms with van der Waals surface area (Å²) < 4.78 is 4.85. The van der Waals surface area contributed by atoms with Crippen LogP contribution in [0.4, 0.5) is 0 Å². The van der Waals surface area contributed by atoms with Crippen LogP contribution in [-0.2, 0) is 21.6 Å². The Labute approximate surface area is 228 Å². The van der Waals surface area contributed by atoms with Crippen LogP contribution in [0.5, 0.6) is 0 Å². The number of hydrogen-bond donors (Lipinski definition) is 1. The van der Waals surface area contributed by atoms with E-state index >= 15 is 0 Å². The average molecular weight is 514 g/mol. The average Bonchev–Trinajstić information content (AvgIpc) is 2.92. The summed E-state index contributed by atoms with van der Waals surface area (Å²) in [6.07, 6.45) is 9.18. The number of aromatic nitrogens is 1. The van der Waals surface area contributed by atoms with Crippen molar-refractivity contribution in [3.05, 3.63) is 93.7 Å². The van der Waals surface area contributed by atoms with Gasteiger partial charge >= 0.3 is 0 Å². The van der Waals surface area contributed by atoms with Crippen LogP contribution < -0.4 is 0 Å². The monoisotopic (exact) mass is 513 g/mol. The molecule has 0 bridgehead atoms. The number of aryl methyl sites for hydroxylation is 3. The fraction of sp³-hybridized carbons (Fsp3) is 0.412. The van der Waals surface area contributed by atoms with Gasteiger partial charge in [0.15, 0.2) is 0 Å². The highest BCUT2D eigenvalue weighted by Gasteiger charge is 2.32. The zero-order chi connectivity index (χ0) is 27.9. The minimum atomic E-state index is -0.753. The lowest BCUT2D eigenvalue weighted by molar-refractivity contribution is -0.129. The number of carbonyl (C=O) groups is 1. The first-order valence-electron chi connectivity index (χ1n) is 13.8. The predicted octanol–water partition coefficient (Wildman–Crippen LogP) is 8.02. The zero-order valence-electron chi connectivity index (χ0n) is 24.1. The number of rotatable bonds is 12. The number of benzene rings is 2. The molecule has 1 heterocycles. The van der Waals surface area contributed by atoms with Crippen LogP contribution in [0.1, 0.15) is 92.3 Å². The first-order valence-corrected chi connectivity index (χ1v) is 13.8. The number of hydrogen-bond acceptors (Lipinski definition) is 4. The summed E-state index contributed by atoms with van der Waals surface area (Å²) in [6, 6.07) is 15.4. The lowest BCUT2D eigenvalue weighted by atomic mass is 9.69. The zero-order valence-corrected chi connectivity index (χ0v) is 24.1. The Morgan fingerprint density at radius 2 is 1.47 bits per heavy atom. The van der Waals surface area contributed by atoms with Crippen LogP contribution in [0, 0.1) is 20.8 Å². The van der Waals surface area contributed by atoms with E-state index in [0.717, 1.165) is 35.2 Å². The highest BCUT2D eigenvalue weighted by molar-refractivity contribution is 5.69. The normalized spacial score (nSPS) is 12.2. The number of ether oxygens (including phenoxy) is 1. The van der Waals surface area contributed by atoms with Gasteiger partial charge in [0.05, 0.1) is 11.3 Å². The van der Waals surface area contributed by atoms with Crippen molar-refractivity contribution in [1.82, 2.24) is 4.98 Å². The number of aliphatic hydroxyl groups is 1. The molecule has 0 fully saturated rings. The van der Waals surface area contributed by atoms with Gasteiger partial charge in [0.2, 0.25) is 0 Å². The molecular formula is C34H43NO3. The topological polar surface area (TPSA) is 59.4 Å². The summed E-state index contributed by atoms with van der Waals surface area (Å²) in [5.74, 6) is 0. The van der Waals surface area contributed by atoms with Gasteiger partial charge in [-0.3, -0.25) is 9.78 Å². The molecule has 4 nitrogen and oxygen atoms in total. The van der Waals surface area contributed by atoms with Crippen molar-refractivity contribution in [2.45, 2.75) is 91.8 Å². The van der Waals surface area contributed by atoms with Gasteiger partial charge < -0.3 is 9.84 Å². The molecule has 0 saturated heterocycles. The van der Waals surface area contributed by atoms with Crippen LogP contribution >= 0.6 is 0 Å². The Bertz CT molecular complexity index is 1240. The van der Waals surface area contributed by atoms with E-state index in [9.17, 15) is 9.90 Å². The third-order valence-electron chi connectivity index (χ3n) is 8.31. The smallest absolute Gasteiger partial charge is 0.293 e. The first-order chi connectivity index (χ1) is 18.2. The Kier molecular flexibility index (Phi) is 9.67. The molecule has 0 aliphatic heterocycles. The summed E-state index contributed by atoms with van der Waals surface area (Å²) in [4.78, 5) is 15.2. The lowest BCUT2D eigenvalue weighted by Gasteiger charge is -2.35.